The molecule has 3 N–H and O–H groups in total. The molecule has 11 heteroatoms. The molecule has 0 aromatic heterocycles. The number of amides is 1. The van der Waals surface area contributed by atoms with Crippen LogP contribution in [0, 0.1) is 39.7 Å². The van der Waals surface area contributed by atoms with Gasteiger partial charge >= 0.3 is 6.09 Å². The average molecular weight is 583 g/mol. The van der Waals surface area contributed by atoms with E-state index in [2.05, 4.69) is 30.6 Å². The quantitative estimate of drug-likeness (QED) is 0.246. The summed E-state index contributed by atoms with van der Waals surface area (Å²) in [5, 5.41) is 36.0. The van der Waals surface area contributed by atoms with Crippen LogP contribution in [-0.2, 0) is 20.6 Å². The highest BCUT2D eigenvalue weighted by atomic mass is 16.7. The van der Waals surface area contributed by atoms with Gasteiger partial charge < -0.3 is 30.0 Å². The lowest BCUT2D eigenvalue weighted by molar-refractivity contribution is -0.384. The molecule has 2 saturated heterocycles. The Balaban J connectivity index is 0.000000408. The standard InChI is InChI=1S/C24H35N3O5.C7H7NO2/c1-24(2,10-6-11-25)16-26-14-20(28)19(13-17-7-4-3-5-8-17)27-23(29)32-21-15-31-22-18(21)9-12-30-22;1-6-2-4-7(5-3-6)8(9)10/h3-5,7-8,18-22,26,28H,6,9-10,12-16H2,1-2H3,(H,27,29);2-5H,1H3/t18-,19-,20+,21-,22+;/m0./s1. The molecule has 2 aliphatic rings. The Morgan fingerprint density at radius 3 is 2.60 bits per heavy atom. The minimum atomic E-state index is -0.808. The minimum Gasteiger partial charge on any atom is -0.443 e. The van der Waals surface area contributed by atoms with E-state index in [1.54, 1.807) is 12.1 Å². The molecule has 11 nitrogen and oxygen atoms in total. The zero-order chi connectivity index (χ0) is 30.5. The number of nitro groups is 1. The smallest absolute Gasteiger partial charge is 0.407 e. The van der Waals surface area contributed by atoms with Crippen molar-refractivity contribution in [3.05, 3.63) is 75.8 Å². The molecular formula is C31H42N4O7. The van der Waals surface area contributed by atoms with Crippen LogP contribution in [0.25, 0.3) is 0 Å². The molecule has 4 rings (SSSR count). The van der Waals surface area contributed by atoms with E-state index < -0.39 is 23.2 Å². The van der Waals surface area contributed by atoms with Crippen molar-refractivity contribution in [3.63, 3.8) is 0 Å². The predicted octanol–water partition coefficient (Wildman–Crippen LogP) is 4.27. The summed E-state index contributed by atoms with van der Waals surface area (Å²) in [6.45, 7) is 7.99. The first-order chi connectivity index (χ1) is 20.1. The summed E-state index contributed by atoms with van der Waals surface area (Å²) in [6, 6.07) is 17.8. The molecule has 0 aliphatic carbocycles. The number of non-ortho nitro benzene ring substituents is 1. The van der Waals surface area contributed by atoms with Crippen molar-refractivity contribution in [3.8, 4) is 6.07 Å². The van der Waals surface area contributed by atoms with Crippen LogP contribution in [0.4, 0.5) is 10.5 Å². The van der Waals surface area contributed by atoms with Crippen LogP contribution in [-0.4, -0.2) is 67.0 Å². The number of nitrogens with zero attached hydrogens (tertiary/aromatic N) is 2. The van der Waals surface area contributed by atoms with E-state index in [-0.39, 0.29) is 29.4 Å². The highest BCUT2D eigenvalue weighted by molar-refractivity contribution is 5.68. The lowest BCUT2D eigenvalue weighted by atomic mass is 9.88. The Labute approximate surface area is 247 Å². The van der Waals surface area contributed by atoms with Gasteiger partial charge in [0.15, 0.2) is 6.29 Å². The average Bonchev–Trinajstić information content (AvgIpc) is 3.58. The number of ether oxygens (including phenoxy) is 3. The van der Waals surface area contributed by atoms with Crippen molar-refractivity contribution in [2.45, 2.75) is 71.0 Å². The number of rotatable bonds is 12. The van der Waals surface area contributed by atoms with Crippen molar-refractivity contribution in [1.29, 1.82) is 5.26 Å². The lowest BCUT2D eigenvalue weighted by Gasteiger charge is -2.28. The molecule has 2 fully saturated rings. The first kappa shape index (κ1) is 32.9. The van der Waals surface area contributed by atoms with Crippen LogP contribution >= 0.6 is 0 Å². The Morgan fingerprint density at radius 1 is 1.21 bits per heavy atom. The fourth-order valence-electron chi connectivity index (χ4n) is 4.87. The monoisotopic (exact) mass is 582 g/mol. The van der Waals surface area contributed by atoms with Crippen molar-refractivity contribution in [2.24, 2.45) is 11.3 Å². The van der Waals surface area contributed by atoms with Crippen molar-refractivity contribution >= 4 is 11.8 Å². The summed E-state index contributed by atoms with van der Waals surface area (Å²) in [7, 11) is 0. The second-order valence-corrected chi connectivity index (χ2v) is 11.5. The predicted molar refractivity (Wildman–Crippen MR) is 156 cm³/mol. The van der Waals surface area contributed by atoms with Gasteiger partial charge in [-0.1, -0.05) is 61.9 Å². The summed E-state index contributed by atoms with van der Waals surface area (Å²) in [5.41, 5.74) is 2.13. The van der Waals surface area contributed by atoms with Gasteiger partial charge in [0, 0.05) is 31.6 Å². The maximum absolute atomic E-state index is 12.7. The van der Waals surface area contributed by atoms with E-state index >= 15 is 0 Å². The fraction of sp³-hybridized carbons (Fsp3) is 0.548. The van der Waals surface area contributed by atoms with Gasteiger partial charge in [-0.05, 0) is 37.2 Å². The molecule has 0 spiro atoms. The second kappa shape index (κ2) is 16.2. The number of aliphatic hydroxyl groups is 1. The molecule has 2 aromatic carbocycles. The van der Waals surface area contributed by atoms with E-state index in [1.807, 2.05) is 37.3 Å². The van der Waals surface area contributed by atoms with Gasteiger partial charge in [-0.15, -0.1) is 0 Å². The molecule has 228 valence electrons. The Bertz CT molecular complexity index is 1170. The van der Waals surface area contributed by atoms with Crippen LogP contribution in [0.1, 0.15) is 44.2 Å². The maximum atomic E-state index is 12.7. The number of aliphatic hydroxyl groups excluding tert-OH is 1. The number of fused-ring (bicyclic) bond motifs is 1. The largest absolute Gasteiger partial charge is 0.443 e. The topological polar surface area (TPSA) is 156 Å². The number of carbonyl (C=O) groups excluding carboxylic acids is 1. The Hall–Kier alpha value is -3.56. The summed E-state index contributed by atoms with van der Waals surface area (Å²) in [4.78, 5) is 22.4. The van der Waals surface area contributed by atoms with Gasteiger partial charge in [-0.2, -0.15) is 5.26 Å². The number of nitrogens with one attached hydrogen (secondary N) is 2. The van der Waals surface area contributed by atoms with Crippen LogP contribution in [0.2, 0.25) is 0 Å². The van der Waals surface area contributed by atoms with Crippen molar-refractivity contribution in [2.75, 3.05) is 26.3 Å². The van der Waals surface area contributed by atoms with E-state index in [1.165, 1.54) is 12.1 Å². The molecule has 2 aromatic rings. The first-order valence-electron chi connectivity index (χ1n) is 14.3. The van der Waals surface area contributed by atoms with Gasteiger partial charge in [0.05, 0.1) is 42.3 Å². The summed E-state index contributed by atoms with van der Waals surface area (Å²) < 4.78 is 16.7. The van der Waals surface area contributed by atoms with Gasteiger partial charge in [0.25, 0.3) is 5.69 Å². The lowest BCUT2D eigenvalue weighted by Crippen LogP contribution is -2.50. The van der Waals surface area contributed by atoms with E-state index in [0.717, 1.165) is 24.0 Å². The zero-order valence-electron chi connectivity index (χ0n) is 24.5. The molecule has 5 atom stereocenters. The highest BCUT2D eigenvalue weighted by Gasteiger charge is 2.44. The highest BCUT2D eigenvalue weighted by Crippen LogP contribution is 2.33. The Morgan fingerprint density at radius 2 is 1.93 bits per heavy atom. The zero-order valence-corrected chi connectivity index (χ0v) is 24.5. The van der Waals surface area contributed by atoms with Gasteiger partial charge in [0.1, 0.15) is 6.10 Å². The molecule has 1 amide bonds. The van der Waals surface area contributed by atoms with Crippen LogP contribution < -0.4 is 10.6 Å². The van der Waals surface area contributed by atoms with Gasteiger partial charge in [0.2, 0.25) is 0 Å². The number of aryl methyl sites for hydroxylation is 1. The van der Waals surface area contributed by atoms with Crippen molar-refractivity contribution < 1.29 is 29.0 Å². The van der Waals surface area contributed by atoms with E-state index in [0.29, 0.717) is 39.1 Å². The molecule has 0 unspecified atom stereocenters. The normalized spacial score (nSPS) is 20.8. The number of nitro benzene ring substituents is 1. The third-order valence-corrected chi connectivity index (χ3v) is 7.43. The molecule has 0 bridgehead atoms. The molecule has 0 radical (unpaired) electrons. The molecule has 2 heterocycles. The third-order valence-electron chi connectivity index (χ3n) is 7.43. The number of carbonyl (C=O) groups is 1. The minimum absolute atomic E-state index is 0.0564. The van der Waals surface area contributed by atoms with Crippen LogP contribution in [0.5, 0.6) is 0 Å². The van der Waals surface area contributed by atoms with E-state index in [9.17, 15) is 20.0 Å². The third kappa shape index (κ3) is 10.7. The maximum Gasteiger partial charge on any atom is 0.407 e. The van der Waals surface area contributed by atoms with Crippen LogP contribution in [0.15, 0.2) is 54.6 Å². The number of hydrogen-bond acceptors (Lipinski definition) is 9. The summed E-state index contributed by atoms with van der Waals surface area (Å²) in [6.07, 6.45) is 0.580. The van der Waals surface area contributed by atoms with E-state index in [4.69, 9.17) is 19.5 Å². The van der Waals surface area contributed by atoms with Crippen LogP contribution in [0.3, 0.4) is 0 Å². The first-order valence-corrected chi connectivity index (χ1v) is 14.3. The van der Waals surface area contributed by atoms with Gasteiger partial charge in [-0.25, -0.2) is 4.79 Å². The number of alkyl carbamates (subject to hydrolysis) is 1. The number of nitriles is 1. The molecule has 42 heavy (non-hydrogen) atoms. The van der Waals surface area contributed by atoms with Gasteiger partial charge in [-0.3, -0.25) is 10.1 Å². The summed E-state index contributed by atoms with van der Waals surface area (Å²) >= 11 is 0. The number of hydrogen-bond donors (Lipinski definition) is 3. The molecule has 0 saturated carbocycles. The fourth-order valence-corrected chi connectivity index (χ4v) is 4.87. The molecular weight excluding hydrogens is 540 g/mol. The molecule has 2 aliphatic heterocycles. The summed E-state index contributed by atoms with van der Waals surface area (Å²) in [5.74, 6) is 0.0653. The second-order valence-electron chi connectivity index (χ2n) is 11.5. The number of benzene rings is 2. The Kier molecular flexibility index (Phi) is 12.7. The van der Waals surface area contributed by atoms with Crippen molar-refractivity contribution in [1.82, 2.24) is 10.6 Å². The SMILES string of the molecule is CC(C)(CCC#N)CNC[C@@H](O)[C@H](Cc1ccccc1)NC(=O)O[C@H]1CO[C@H]2OCC[C@H]21.Cc1ccc([N+](=O)[O-])cc1.